The van der Waals surface area contributed by atoms with Gasteiger partial charge in [0.25, 0.3) is 5.91 Å². The number of imidazole rings is 1. The highest BCUT2D eigenvalue weighted by Gasteiger charge is 2.40. The number of nitrogens with zero attached hydrogens (tertiary/aromatic N) is 4. The Balaban J connectivity index is 1.84. The van der Waals surface area contributed by atoms with Crippen molar-refractivity contribution in [3.05, 3.63) is 53.4 Å². The van der Waals surface area contributed by atoms with Crippen LogP contribution in [0.4, 0.5) is 0 Å². The summed E-state index contributed by atoms with van der Waals surface area (Å²) < 4.78 is 7.42. The maximum atomic E-state index is 13.1. The number of oxazole rings is 1. The molecule has 0 aliphatic carbocycles. The van der Waals surface area contributed by atoms with Crippen molar-refractivity contribution in [1.29, 1.82) is 0 Å². The highest BCUT2D eigenvalue weighted by molar-refractivity contribution is 6.34. The molecule has 2 aliphatic heterocycles. The summed E-state index contributed by atoms with van der Waals surface area (Å²) in [4.78, 5) is 23.5. The van der Waals surface area contributed by atoms with Gasteiger partial charge in [0, 0.05) is 6.54 Å². The van der Waals surface area contributed by atoms with Gasteiger partial charge in [0.15, 0.2) is 12.2 Å². The number of benzene rings is 1. The van der Waals surface area contributed by atoms with Gasteiger partial charge >= 0.3 is 0 Å². The van der Waals surface area contributed by atoms with E-state index in [9.17, 15) is 4.79 Å². The molecule has 5 rings (SSSR count). The first kappa shape index (κ1) is 13.8. The van der Waals surface area contributed by atoms with Crippen LogP contribution in [0.1, 0.15) is 34.9 Å². The van der Waals surface area contributed by atoms with Gasteiger partial charge < -0.3 is 9.32 Å². The first-order valence-electron chi connectivity index (χ1n) is 7.81. The molecule has 4 heterocycles. The van der Waals surface area contributed by atoms with E-state index in [4.69, 9.17) is 16.0 Å². The summed E-state index contributed by atoms with van der Waals surface area (Å²) in [5.41, 5.74) is 2.98. The van der Waals surface area contributed by atoms with Crippen LogP contribution in [0.3, 0.4) is 0 Å². The lowest BCUT2D eigenvalue weighted by Gasteiger charge is -2.23. The number of aromatic nitrogens is 3. The van der Waals surface area contributed by atoms with Gasteiger partial charge in [0.2, 0.25) is 0 Å². The minimum atomic E-state index is -0.0384. The zero-order chi connectivity index (χ0) is 16.3. The van der Waals surface area contributed by atoms with E-state index in [2.05, 4.69) is 9.97 Å². The summed E-state index contributed by atoms with van der Waals surface area (Å²) in [5, 5.41) is 0.464. The molecule has 0 N–H and O–H groups in total. The molecular formula is C17H13ClN4O2. The number of fused-ring (bicyclic) bond motifs is 5. The van der Waals surface area contributed by atoms with Gasteiger partial charge in [-0.1, -0.05) is 17.7 Å². The second-order valence-electron chi connectivity index (χ2n) is 6.00. The number of halogens is 1. The molecule has 1 atom stereocenters. The maximum absolute atomic E-state index is 13.1. The van der Waals surface area contributed by atoms with Crippen molar-refractivity contribution in [2.24, 2.45) is 0 Å². The van der Waals surface area contributed by atoms with Gasteiger partial charge in [0.1, 0.15) is 12.0 Å². The van der Waals surface area contributed by atoms with Crippen LogP contribution in [0.2, 0.25) is 5.02 Å². The molecule has 120 valence electrons. The van der Waals surface area contributed by atoms with Gasteiger partial charge in [-0.3, -0.25) is 9.36 Å². The van der Waals surface area contributed by atoms with Crippen LogP contribution >= 0.6 is 11.6 Å². The third-order valence-corrected chi connectivity index (χ3v) is 5.08. The Morgan fingerprint density at radius 3 is 3.08 bits per heavy atom. The van der Waals surface area contributed by atoms with E-state index in [0.717, 1.165) is 36.5 Å². The molecule has 1 aromatic carbocycles. The zero-order valence-electron chi connectivity index (χ0n) is 12.6. The molecular weight excluding hydrogens is 328 g/mol. The largest absolute Gasteiger partial charge is 0.442 e. The number of hydrogen-bond donors (Lipinski definition) is 0. The van der Waals surface area contributed by atoms with Crippen LogP contribution in [0.15, 0.2) is 41.5 Å². The molecule has 0 unspecified atom stereocenters. The topological polar surface area (TPSA) is 64.2 Å². The fourth-order valence-electron chi connectivity index (χ4n) is 3.75. The van der Waals surface area contributed by atoms with Gasteiger partial charge in [0.05, 0.1) is 34.2 Å². The molecule has 1 amide bonds. The lowest BCUT2D eigenvalue weighted by molar-refractivity contribution is 0.0739. The van der Waals surface area contributed by atoms with E-state index in [1.807, 2.05) is 21.6 Å². The van der Waals surface area contributed by atoms with Crippen molar-refractivity contribution >= 4 is 17.5 Å². The molecule has 3 aromatic rings. The second kappa shape index (κ2) is 4.95. The van der Waals surface area contributed by atoms with Crippen LogP contribution in [0.5, 0.6) is 0 Å². The summed E-state index contributed by atoms with van der Waals surface area (Å²) in [6.45, 7) is 0.717. The van der Waals surface area contributed by atoms with Gasteiger partial charge in [-0.15, -0.1) is 0 Å². The van der Waals surface area contributed by atoms with Gasteiger partial charge in [-0.2, -0.15) is 0 Å². The van der Waals surface area contributed by atoms with Crippen molar-refractivity contribution in [2.75, 3.05) is 6.54 Å². The van der Waals surface area contributed by atoms with Crippen LogP contribution in [-0.2, 0) is 0 Å². The number of rotatable bonds is 1. The summed E-state index contributed by atoms with van der Waals surface area (Å²) in [6, 6.07) is 5.46. The lowest BCUT2D eigenvalue weighted by Crippen LogP contribution is -2.29. The van der Waals surface area contributed by atoms with E-state index in [0.29, 0.717) is 16.3 Å². The summed E-state index contributed by atoms with van der Waals surface area (Å²) in [6.07, 6.45) is 6.62. The highest BCUT2D eigenvalue weighted by Crippen LogP contribution is 2.43. The van der Waals surface area contributed by atoms with Crippen molar-refractivity contribution in [3.63, 3.8) is 0 Å². The third kappa shape index (κ3) is 1.74. The van der Waals surface area contributed by atoms with Crippen LogP contribution in [-0.4, -0.2) is 31.9 Å². The first-order valence-corrected chi connectivity index (χ1v) is 8.19. The van der Waals surface area contributed by atoms with Gasteiger partial charge in [-0.25, -0.2) is 9.97 Å². The molecule has 6 nitrogen and oxygen atoms in total. The van der Waals surface area contributed by atoms with Crippen LogP contribution in [0.25, 0.3) is 17.1 Å². The summed E-state index contributed by atoms with van der Waals surface area (Å²) in [5.74, 6) is 0.582. The molecule has 2 aliphatic rings. The van der Waals surface area contributed by atoms with Crippen molar-refractivity contribution in [1.82, 2.24) is 19.4 Å². The quantitative estimate of drug-likeness (QED) is 0.680. The molecule has 2 aromatic heterocycles. The average molecular weight is 341 g/mol. The Labute approximate surface area is 142 Å². The van der Waals surface area contributed by atoms with Crippen molar-refractivity contribution in [3.8, 4) is 17.1 Å². The maximum Gasteiger partial charge on any atom is 0.258 e. The summed E-state index contributed by atoms with van der Waals surface area (Å²) >= 11 is 6.36. The SMILES string of the molecule is O=C1c2c(Cl)cccc2-n2cnc(-c3cnco3)c2[C@@H]2CCCN12. The van der Waals surface area contributed by atoms with Crippen molar-refractivity contribution < 1.29 is 9.21 Å². The van der Waals surface area contributed by atoms with E-state index >= 15 is 0 Å². The molecule has 1 saturated heterocycles. The normalized spacial score (nSPS) is 19.0. The monoisotopic (exact) mass is 340 g/mol. The summed E-state index contributed by atoms with van der Waals surface area (Å²) in [7, 11) is 0. The number of carbonyl (C=O) groups excluding carboxylic acids is 1. The van der Waals surface area contributed by atoms with E-state index < -0.39 is 0 Å². The molecule has 0 saturated carbocycles. The van der Waals surface area contributed by atoms with Crippen LogP contribution < -0.4 is 0 Å². The fraction of sp³-hybridized carbons (Fsp3) is 0.235. The third-order valence-electron chi connectivity index (χ3n) is 4.76. The average Bonchev–Trinajstić information content (AvgIpc) is 3.31. The van der Waals surface area contributed by atoms with Gasteiger partial charge in [-0.05, 0) is 25.0 Å². The standard InChI is InChI=1S/C17H13ClN4O2/c18-10-3-1-4-11-14(10)17(23)21-6-2-5-12(21)16-15(20-8-22(11)16)13-7-19-9-24-13/h1,3-4,7-9,12H,2,5-6H2/t12-/m0/s1. The number of hydrogen-bond acceptors (Lipinski definition) is 4. The smallest absolute Gasteiger partial charge is 0.258 e. The highest BCUT2D eigenvalue weighted by atomic mass is 35.5. The molecule has 0 bridgehead atoms. The van der Waals surface area contributed by atoms with E-state index in [1.165, 1.54) is 6.39 Å². The van der Waals surface area contributed by atoms with E-state index in [1.54, 1.807) is 18.6 Å². The Kier molecular flexibility index (Phi) is 2.84. The number of amides is 1. The Bertz CT molecular complexity index is 948. The Morgan fingerprint density at radius 2 is 2.25 bits per heavy atom. The molecule has 7 heteroatoms. The molecule has 1 fully saturated rings. The van der Waals surface area contributed by atoms with E-state index in [-0.39, 0.29) is 11.9 Å². The second-order valence-corrected chi connectivity index (χ2v) is 6.41. The van der Waals surface area contributed by atoms with Crippen molar-refractivity contribution in [2.45, 2.75) is 18.9 Å². The van der Waals surface area contributed by atoms with Crippen LogP contribution in [0, 0.1) is 0 Å². The predicted octanol–water partition coefficient (Wildman–Crippen LogP) is 3.47. The molecule has 0 radical (unpaired) electrons. The molecule has 0 spiro atoms. The number of carbonyl (C=O) groups is 1. The minimum Gasteiger partial charge on any atom is -0.442 e. The molecule has 24 heavy (non-hydrogen) atoms. The Hall–Kier alpha value is -2.60. The first-order chi connectivity index (χ1) is 11.8. The predicted molar refractivity (Wildman–Crippen MR) is 87.1 cm³/mol. The fourth-order valence-corrected chi connectivity index (χ4v) is 4.00. The lowest BCUT2D eigenvalue weighted by atomic mass is 10.1. The Morgan fingerprint density at radius 1 is 1.33 bits per heavy atom. The minimum absolute atomic E-state index is 0.0229. The zero-order valence-corrected chi connectivity index (χ0v) is 13.4.